The molecule has 0 unspecified atom stereocenters. The molecule has 0 radical (unpaired) electrons. The number of carboxylic acid groups (broad SMARTS) is 2. The number of hydrogen-bond donors (Lipinski definition) is 2. The van der Waals surface area contributed by atoms with Gasteiger partial charge in [-0.1, -0.05) is 0 Å². The summed E-state index contributed by atoms with van der Waals surface area (Å²) in [5.74, 6) is 1.98. The summed E-state index contributed by atoms with van der Waals surface area (Å²) in [6.45, 7) is 0. The number of nitrogens with zero attached hydrogens (tertiary/aromatic N) is 1. The predicted molar refractivity (Wildman–Crippen MR) is 48.0 cm³/mol. The maximum Gasteiger partial charge on any atom is 0.382 e. The molecule has 1 aromatic rings. The lowest BCUT2D eigenvalue weighted by Gasteiger charge is -1.85. The maximum absolute atomic E-state index is 10.3. The van der Waals surface area contributed by atoms with Crippen molar-refractivity contribution in [2.45, 2.75) is 6.42 Å². The van der Waals surface area contributed by atoms with Crippen LogP contribution in [0.5, 0.6) is 0 Å². The SMILES string of the molecule is O=C(O)C#Cc1nc(CC(=O)O)cs1. The lowest BCUT2D eigenvalue weighted by atomic mass is 10.3. The fourth-order valence-corrected chi connectivity index (χ4v) is 1.37. The van der Waals surface area contributed by atoms with Gasteiger partial charge in [0.15, 0.2) is 5.01 Å². The van der Waals surface area contributed by atoms with Crippen molar-refractivity contribution in [3.8, 4) is 11.8 Å². The zero-order valence-electron chi connectivity index (χ0n) is 6.85. The molecular formula is C8H5NO4S. The van der Waals surface area contributed by atoms with Crippen molar-refractivity contribution < 1.29 is 19.8 Å². The van der Waals surface area contributed by atoms with Gasteiger partial charge in [0, 0.05) is 11.3 Å². The Balaban J connectivity index is 2.75. The third-order valence-corrected chi connectivity index (χ3v) is 1.97. The summed E-state index contributed by atoms with van der Waals surface area (Å²) in [7, 11) is 0. The molecule has 1 aromatic heterocycles. The first-order chi connectivity index (χ1) is 6.58. The van der Waals surface area contributed by atoms with Gasteiger partial charge in [-0.3, -0.25) is 4.79 Å². The average Bonchev–Trinajstić information content (AvgIpc) is 2.47. The Hall–Kier alpha value is -1.87. The molecule has 6 heteroatoms. The third-order valence-electron chi connectivity index (χ3n) is 1.16. The van der Waals surface area contributed by atoms with Crippen molar-refractivity contribution in [2.24, 2.45) is 0 Å². The normalized spacial score (nSPS) is 8.86. The van der Waals surface area contributed by atoms with Gasteiger partial charge >= 0.3 is 11.9 Å². The molecule has 0 aliphatic rings. The van der Waals surface area contributed by atoms with Gasteiger partial charge in [0.1, 0.15) is 0 Å². The predicted octanol–water partition coefficient (Wildman–Crippen LogP) is 0.206. The van der Waals surface area contributed by atoms with E-state index in [0.717, 1.165) is 11.3 Å². The van der Waals surface area contributed by atoms with Gasteiger partial charge in [-0.05, 0) is 5.92 Å². The topological polar surface area (TPSA) is 87.5 Å². The number of carboxylic acids is 2. The number of carbonyl (C=O) groups is 2. The molecule has 0 amide bonds. The molecule has 1 rings (SSSR count). The first-order valence-electron chi connectivity index (χ1n) is 3.49. The molecule has 72 valence electrons. The summed E-state index contributed by atoms with van der Waals surface area (Å²) >= 11 is 1.12. The Labute approximate surface area is 83.0 Å². The van der Waals surface area contributed by atoms with E-state index in [1.807, 2.05) is 5.92 Å². The summed E-state index contributed by atoms with van der Waals surface area (Å²) in [4.78, 5) is 24.2. The van der Waals surface area contributed by atoms with Crippen LogP contribution in [0.15, 0.2) is 5.38 Å². The van der Waals surface area contributed by atoms with Crippen LogP contribution in [0.2, 0.25) is 0 Å². The van der Waals surface area contributed by atoms with E-state index in [9.17, 15) is 9.59 Å². The Morgan fingerprint density at radius 1 is 1.50 bits per heavy atom. The van der Waals surface area contributed by atoms with Crippen molar-refractivity contribution in [2.75, 3.05) is 0 Å². The smallest absolute Gasteiger partial charge is 0.382 e. The summed E-state index contributed by atoms with van der Waals surface area (Å²) in [5, 5.41) is 18.5. The van der Waals surface area contributed by atoms with Crippen molar-refractivity contribution in [1.82, 2.24) is 4.98 Å². The highest BCUT2D eigenvalue weighted by molar-refractivity contribution is 7.10. The highest BCUT2D eigenvalue weighted by Crippen LogP contribution is 2.08. The zero-order valence-corrected chi connectivity index (χ0v) is 7.67. The minimum absolute atomic E-state index is 0.175. The van der Waals surface area contributed by atoms with E-state index in [1.54, 1.807) is 5.38 Å². The first-order valence-corrected chi connectivity index (χ1v) is 4.37. The second kappa shape index (κ2) is 4.39. The molecule has 2 N–H and O–H groups in total. The molecule has 0 saturated heterocycles. The van der Waals surface area contributed by atoms with Crippen molar-refractivity contribution >= 4 is 23.3 Å². The van der Waals surface area contributed by atoms with Crippen LogP contribution < -0.4 is 0 Å². The standard InChI is InChI=1S/C8H5NO4S/c10-7(11)2-1-6-9-5(4-14-6)3-8(12)13/h4H,3H2,(H,10,11)(H,12,13). The zero-order chi connectivity index (χ0) is 10.6. The highest BCUT2D eigenvalue weighted by atomic mass is 32.1. The van der Waals surface area contributed by atoms with Gasteiger partial charge in [-0.2, -0.15) is 0 Å². The van der Waals surface area contributed by atoms with Crippen molar-refractivity contribution in [3.05, 3.63) is 16.1 Å². The number of thiazole rings is 1. The molecule has 0 fully saturated rings. The van der Waals surface area contributed by atoms with Crippen LogP contribution in [0.3, 0.4) is 0 Å². The summed E-state index contributed by atoms with van der Waals surface area (Å²) in [5.41, 5.74) is 0.386. The van der Waals surface area contributed by atoms with E-state index in [0.29, 0.717) is 10.7 Å². The van der Waals surface area contributed by atoms with Crippen LogP contribution in [0, 0.1) is 11.8 Å². The fraction of sp³-hybridized carbons (Fsp3) is 0.125. The van der Waals surface area contributed by atoms with Gasteiger partial charge < -0.3 is 10.2 Å². The van der Waals surface area contributed by atoms with Gasteiger partial charge in [-0.25, -0.2) is 9.78 Å². The van der Waals surface area contributed by atoms with E-state index in [4.69, 9.17) is 10.2 Å². The third kappa shape index (κ3) is 3.25. The molecule has 1 heterocycles. The van der Waals surface area contributed by atoms with Crippen LogP contribution >= 0.6 is 11.3 Å². The van der Waals surface area contributed by atoms with E-state index < -0.39 is 11.9 Å². The second-order valence-electron chi connectivity index (χ2n) is 2.27. The molecule has 0 aliphatic carbocycles. The average molecular weight is 211 g/mol. The monoisotopic (exact) mass is 211 g/mol. The maximum atomic E-state index is 10.3. The van der Waals surface area contributed by atoms with Crippen LogP contribution in [0.1, 0.15) is 10.7 Å². The minimum Gasteiger partial charge on any atom is -0.481 e. The molecule has 0 saturated carbocycles. The second-order valence-corrected chi connectivity index (χ2v) is 3.13. The number of hydrogen-bond acceptors (Lipinski definition) is 4. The Kier molecular flexibility index (Phi) is 3.20. The Morgan fingerprint density at radius 3 is 2.79 bits per heavy atom. The van der Waals surface area contributed by atoms with Crippen molar-refractivity contribution in [3.63, 3.8) is 0 Å². The molecule has 0 aliphatic heterocycles. The number of aliphatic carboxylic acids is 2. The largest absolute Gasteiger partial charge is 0.481 e. The van der Waals surface area contributed by atoms with Crippen LogP contribution in [0.4, 0.5) is 0 Å². The first kappa shape index (κ1) is 10.2. The van der Waals surface area contributed by atoms with Crippen LogP contribution in [-0.4, -0.2) is 27.1 Å². The van der Waals surface area contributed by atoms with Gasteiger partial charge in [0.25, 0.3) is 0 Å². The van der Waals surface area contributed by atoms with E-state index >= 15 is 0 Å². The Bertz CT molecular complexity index is 426. The number of rotatable bonds is 2. The van der Waals surface area contributed by atoms with Crippen molar-refractivity contribution in [1.29, 1.82) is 0 Å². The highest BCUT2D eigenvalue weighted by Gasteiger charge is 2.04. The minimum atomic E-state index is -1.24. The molecule has 0 bridgehead atoms. The molecule has 5 nitrogen and oxygen atoms in total. The van der Waals surface area contributed by atoms with Crippen LogP contribution in [0.25, 0.3) is 0 Å². The van der Waals surface area contributed by atoms with Gasteiger partial charge in [0.2, 0.25) is 0 Å². The van der Waals surface area contributed by atoms with Gasteiger partial charge in [-0.15, -0.1) is 11.3 Å². The molecular weight excluding hydrogens is 206 g/mol. The fourth-order valence-electron chi connectivity index (χ4n) is 0.707. The molecule has 14 heavy (non-hydrogen) atoms. The van der Waals surface area contributed by atoms with E-state index in [2.05, 4.69) is 10.9 Å². The quantitative estimate of drug-likeness (QED) is 0.682. The molecule has 0 spiro atoms. The molecule has 0 aromatic carbocycles. The summed E-state index contributed by atoms with van der Waals surface area (Å²) in [6, 6.07) is 0. The summed E-state index contributed by atoms with van der Waals surface area (Å²) in [6.07, 6.45) is -0.175. The summed E-state index contributed by atoms with van der Waals surface area (Å²) < 4.78 is 0. The lowest BCUT2D eigenvalue weighted by molar-refractivity contribution is -0.136. The van der Waals surface area contributed by atoms with Crippen LogP contribution in [-0.2, 0) is 16.0 Å². The number of aromatic nitrogens is 1. The van der Waals surface area contributed by atoms with E-state index in [-0.39, 0.29) is 6.42 Å². The Morgan fingerprint density at radius 2 is 2.21 bits per heavy atom. The lowest BCUT2D eigenvalue weighted by Crippen LogP contribution is -1.99. The molecule has 0 atom stereocenters. The van der Waals surface area contributed by atoms with Gasteiger partial charge in [0.05, 0.1) is 12.1 Å². The van der Waals surface area contributed by atoms with E-state index in [1.165, 1.54) is 0 Å².